The van der Waals surface area contributed by atoms with Gasteiger partial charge in [0.05, 0.1) is 7.11 Å². The zero-order chi connectivity index (χ0) is 14.4. The summed E-state index contributed by atoms with van der Waals surface area (Å²) in [6.07, 6.45) is 0.726. The normalized spacial score (nSPS) is 10.2. The van der Waals surface area contributed by atoms with E-state index in [9.17, 15) is 9.59 Å². The number of amides is 1. The van der Waals surface area contributed by atoms with E-state index in [1.165, 1.54) is 7.11 Å². The minimum atomic E-state index is -0.114. The molecule has 0 radical (unpaired) electrons. The Hall–Kier alpha value is -2.04. The highest BCUT2D eigenvalue weighted by Crippen LogP contribution is 2.27. The summed E-state index contributed by atoms with van der Waals surface area (Å²) in [6.45, 7) is 3.79. The van der Waals surface area contributed by atoms with Crippen molar-refractivity contribution in [3.63, 3.8) is 0 Å². The van der Waals surface area contributed by atoms with E-state index in [0.717, 1.165) is 6.29 Å². The lowest BCUT2D eigenvalue weighted by Gasteiger charge is -2.21. The Balaban J connectivity index is 2.72. The zero-order valence-electron chi connectivity index (χ0n) is 11.7. The summed E-state index contributed by atoms with van der Waals surface area (Å²) in [7, 11) is 3.21. The molecule has 0 atom stereocenters. The van der Waals surface area contributed by atoms with Gasteiger partial charge in [0.1, 0.15) is 6.29 Å². The average molecular weight is 265 g/mol. The molecular formula is C14H19NO4. The van der Waals surface area contributed by atoms with Crippen LogP contribution < -0.4 is 9.47 Å². The fourth-order valence-electron chi connectivity index (χ4n) is 1.41. The second-order valence-electron chi connectivity index (χ2n) is 4.42. The van der Waals surface area contributed by atoms with Gasteiger partial charge in [0.25, 0.3) is 5.91 Å². The minimum Gasteiger partial charge on any atom is -0.493 e. The van der Waals surface area contributed by atoms with Crippen molar-refractivity contribution in [2.45, 2.75) is 19.9 Å². The fourth-order valence-corrected chi connectivity index (χ4v) is 1.41. The predicted octanol–water partition coefficient (Wildman–Crippen LogP) is 1.75. The summed E-state index contributed by atoms with van der Waals surface area (Å²) in [5, 5.41) is 0. The standard InChI is InChI=1S/C14H19NO4/c1-10(2)15(3)14(17)9-19-12-6-5-11(8-16)7-13(12)18-4/h5-8,10H,9H2,1-4H3. The van der Waals surface area contributed by atoms with Gasteiger partial charge in [-0.3, -0.25) is 9.59 Å². The number of methoxy groups -OCH3 is 1. The molecule has 0 N–H and O–H groups in total. The number of nitrogens with zero attached hydrogens (tertiary/aromatic N) is 1. The molecule has 0 saturated heterocycles. The molecule has 0 aromatic heterocycles. The second-order valence-corrected chi connectivity index (χ2v) is 4.42. The first-order valence-corrected chi connectivity index (χ1v) is 6.01. The van der Waals surface area contributed by atoms with Gasteiger partial charge in [-0.05, 0) is 32.0 Å². The number of ether oxygens (including phenoxy) is 2. The number of carbonyl (C=O) groups excluding carboxylic acids is 2. The monoisotopic (exact) mass is 265 g/mol. The molecule has 5 nitrogen and oxygen atoms in total. The zero-order valence-corrected chi connectivity index (χ0v) is 11.7. The topological polar surface area (TPSA) is 55.8 Å². The van der Waals surface area contributed by atoms with Crippen LogP contribution in [-0.4, -0.2) is 43.9 Å². The first-order chi connectivity index (χ1) is 8.99. The van der Waals surface area contributed by atoms with Gasteiger partial charge in [-0.1, -0.05) is 0 Å². The molecule has 0 saturated carbocycles. The second kappa shape index (κ2) is 6.78. The largest absolute Gasteiger partial charge is 0.493 e. The number of benzene rings is 1. The van der Waals surface area contributed by atoms with E-state index >= 15 is 0 Å². The number of aldehydes is 1. The highest BCUT2D eigenvalue weighted by molar-refractivity contribution is 5.78. The molecule has 0 fully saturated rings. The maximum atomic E-state index is 11.8. The van der Waals surface area contributed by atoms with Crippen LogP contribution in [0.5, 0.6) is 11.5 Å². The molecule has 104 valence electrons. The summed E-state index contributed by atoms with van der Waals surface area (Å²) in [5.74, 6) is 0.764. The van der Waals surface area contributed by atoms with E-state index in [0.29, 0.717) is 17.1 Å². The molecule has 19 heavy (non-hydrogen) atoms. The van der Waals surface area contributed by atoms with Crippen LogP contribution in [0.1, 0.15) is 24.2 Å². The molecule has 0 aliphatic rings. The number of hydrogen-bond donors (Lipinski definition) is 0. The Morgan fingerprint density at radius 1 is 1.37 bits per heavy atom. The summed E-state index contributed by atoms with van der Waals surface area (Å²) in [4.78, 5) is 24.0. The van der Waals surface area contributed by atoms with E-state index in [1.54, 1.807) is 30.1 Å². The van der Waals surface area contributed by atoms with Gasteiger partial charge in [0, 0.05) is 18.7 Å². The van der Waals surface area contributed by atoms with Crippen molar-refractivity contribution in [3.05, 3.63) is 23.8 Å². The number of hydrogen-bond acceptors (Lipinski definition) is 4. The Kier molecular flexibility index (Phi) is 5.36. The first kappa shape index (κ1) is 15.0. The predicted molar refractivity (Wildman–Crippen MR) is 71.8 cm³/mol. The van der Waals surface area contributed by atoms with Crippen LogP contribution >= 0.6 is 0 Å². The van der Waals surface area contributed by atoms with Crippen molar-refractivity contribution in [3.8, 4) is 11.5 Å². The molecule has 5 heteroatoms. The maximum absolute atomic E-state index is 11.8. The average Bonchev–Trinajstić information content (AvgIpc) is 2.43. The maximum Gasteiger partial charge on any atom is 0.260 e. The number of likely N-dealkylation sites (N-methyl/N-ethyl adjacent to an activating group) is 1. The van der Waals surface area contributed by atoms with E-state index in [4.69, 9.17) is 9.47 Å². The van der Waals surface area contributed by atoms with Crippen molar-refractivity contribution in [1.29, 1.82) is 0 Å². The van der Waals surface area contributed by atoms with Crippen molar-refractivity contribution in [2.24, 2.45) is 0 Å². The van der Waals surface area contributed by atoms with E-state index < -0.39 is 0 Å². The fraction of sp³-hybridized carbons (Fsp3) is 0.429. The number of carbonyl (C=O) groups is 2. The summed E-state index contributed by atoms with van der Waals surface area (Å²) in [5.41, 5.74) is 0.495. The van der Waals surface area contributed by atoms with Crippen LogP contribution in [-0.2, 0) is 4.79 Å². The van der Waals surface area contributed by atoms with Crippen molar-refractivity contribution < 1.29 is 19.1 Å². The lowest BCUT2D eigenvalue weighted by Crippen LogP contribution is -2.36. The highest BCUT2D eigenvalue weighted by Gasteiger charge is 2.14. The smallest absolute Gasteiger partial charge is 0.260 e. The van der Waals surface area contributed by atoms with Gasteiger partial charge >= 0.3 is 0 Å². The molecule has 0 bridgehead atoms. The highest BCUT2D eigenvalue weighted by atomic mass is 16.5. The quantitative estimate of drug-likeness (QED) is 0.735. The van der Waals surface area contributed by atoms with Gasteiger partial charge in [0.15, 0.2) is 18.1 Å². The molecule has 0 heterocycles. The Morgan fingerprint density at radius 3 is 2.58 bits per heavy atom. The van der Waals surface area contributed by atoms with Gasteiger partial charge in [-0.25, -0.2) is 0 Å². The molecule has 0 aliphatic heterocycles. The Morgan fingerprint density at radius 2 is 2.05 bits per heavy atom. The molecule has 0 unspecified atom stereocenters. The Labute approximate surface area is 113 Å². The van der Waals surface area contributed by atoms with E-state index in [2.05, 4.69) is 0 Å². The van der Waals surface area contributed by atoms with Crippen LogP contribution in [0, 0.1) is 0 Å². The van der Waals surface area contributed by atoms with Crippen LogP contribution in [0.4, 0.5) is 0 Å². The third kappa shape index (κ3) is 3.98. The molecule has 0 aliphatic carbocycles. The molecule has 1 aromatic rings. The lowest BCUT2D eigenvalue weighted by molar-refractivity contribution is -0.133. The third-order valence-corrected chi connectivity index (χ3v) is 2.84. The van der Waals surface area contributed by atoms with Crippen LogP contribution in [0.2, 0.25) is 0 Å². The van der Waals surface area contributed by atoms with Gasteiger partial charge in [0.2, 0.25) is 0 Å². The van der Waals surface area contributed by atoms with Crippen molar-refractivity contribution in [2.75, 3.05) is 20.8 Å². The molecular weight excluding hydrogens is 246 g/mol. The number of rotatable bonds is 6. The molecule has 1 rings (SSSR count). The molecule has 0 spiro atoms. The SMILES string of the molecule is COc1cc(C=O)ccc1OCC(=O)N(C)C(C)C. The van der Waals surface area contributed by atoms with E-state index in [-0.39, 0.29) is 18.6 Å². The summed E-state index contributed by atoms with van der Waals surface area (Å²) in [6, 6.07) is 4.92. The minimum absolute atomic E-state index is 0.0640. The van der Waals surface area contributed by atoms with Gasteiger partial charge < -0.3 is 14.4 Å². The van der Waals surface area contributed by atoms with E-state index in [1.807, 2.05) is 13.8 Å². The van der Waals surface area contributed by atoms with Crippen molar-refractivity contribution in [1.82, 2.24) is 4.90 Å². The third-order valence-electron chi connectivity index (χ3n) is 2.84. The molecule has 1 amide bonds. The van der Waals surface area contributed by atoms with Gasteiger partial charge in [-0.2, -0.15) is 0 Å². The van der Waals surface area contributed by atoms with Crippen LogP contribution in [0.15, 0.2) is 18.2 Å². The summed E-state index contributed by atoms with van der Waals surface area (Å²) >= 11 is 0. The van der Waals surface area contributed by atoms with Crippen LogP contribution in [0.25, 0.3) is 0 Å². The first-order valence-electron chi connectivity index (χ1n) is 6.01. The summed E-state index contributed by atoms with van der Waals surface area (Å²) < 4.78 is 10.5. The lowest BCUT2D eigenvalue weighted by atomic mass is 10.2. The van der Waals surface area contributed by atoms with Gasteiger partial charge in [-0.15, -0.1) is 0 Å². The Bertz CT molecular complexity index is 457. The van der Waals surface area contributed by atoms with Crippen LogP contribution in [0.3, 0.4) is 0 Å². The van der Waals surface area contributed by atoms with Crippen molar-refractivity contribution >= 4 is 12.2 Å². The molecule has 1 aromatic carbocycles.